The van der Waals surface area contributed by atoms with Crippen molar-refractivity contribution in [2.45, 2.75) is 78.2 Å². The Bertz CT molecular complexity index is 598. The average Bonchev–Trinajstić information content (AvgIpc) is 2.79. The van der Waals surface area contributed by atoms with Crippen LogP contribution in [0, 0.1) is 34.0 Å². The van der Waals surface area contributed by atoms with Gasteiger partial charge in [-0.15, -0.1) is 0 Å². The molecule has 2 bridgehead atoms. The summed E-state index contributed by atoms with van der Waals surface area (Å²) >= 11 is 0. The van der Waals surface area contributed by atoms with Gasteiger partial charge in [-0.1, -0.05) is 26.0 Å². The van der Waals surface area contributed by atoms with E-state index in [1.165, 1.54) is 44.6 Å². The van der Waals surface area contributed by atoms with Gasteiger partial charge >= 0.3 is 5.97 Å². The van der Waals surface area contributed by atoms with Gasteiger partial charge in [-0.25, -0.2) is 0 Å². The minimum atomic E-state index is -0.367. The topological polar surface area (TPSA) is 46.5 Å². The molecule has 4 aliphatic rings. The molecule has 0 heterocycles. The number of ether oxygens (including phenoxy) is 1. The van der Waals surface area contributed by atoms with E-state index in [4.69, 9.17) is 4.74 Å². The third-order valence-electron chi connectivity index (χ3n) is 8.98. The van der Waals surface area contributed by atoms with E-state index in [9.17, 15) is 9.90 Å². The first kappa shape index (κ1) is 17.6. The van der Waals surface area contributed by atoms with Crippen LogP contribution in [0.5, 0.6) is 0 Å². The SMILES string of the molecule is C=C1C[C@@]23CC[C@@H]4[C@](C)(COC(C)=O)[C@@H](O)CC[C@@]4(C)[C@@H]2CC[C@@H]1C3. The minimum Gasteiger partial charge on any atom is -0.465 e. The molecule has 25 heavy (non-hydrogen) atoms. The lowest BCUT2D eigenvalue weighted by molar-refractivity contribution is -0.203. The number of aliphatic hydroxyl groups is 1. The predicted octanol–water partition coefficient (Wildman–Crippen LogP) is 4.49. The molecule has 0 saturated heterocycles. The molecule has 1 spiro atoms. The average molecular weight is 347 g/mol. The van der Waals surface area contributed by atoms with E-state index < -0.39 is 0 Å². The molecule has 0 aromatic rings. The molecule has 3 nitrogen and oxygen atoms in total. The number of hydrogen-bond acceptors (Lipinski definition) is 3. The van der Waals surface area contributed by atoms with Crippen LogP contribution in [0.15, 0.2) is 12.2 Å². The Labute approximate surface area is 152 Å². The fourth-order valence-electron chi connectivity index (χ4n) is 7.84. The van der Waals surface area contributed by atoms with Crippen LogP contribution in [0.2, 0.25) is 0 Å². The van der Waals surface area contributed by atoms with Crippen molar-refractivity contribution >= 4 is 5.97 Å². The number of carbonyl (C=O) groups excluding carboxylic acids is 1. The fraction of sp³-hybridized carbons (Fsp3) is 0.864. The van der Waals surface area contributed by atoms with Crippen molar-refractivity contribution in [3.8, 4) is 0 Å². The van der Waals surface area contributed by atoms with E-state index in [0.717, 1.165) is 31.1 Å². The smallest absolute Gasteiger partial charge is 0.302 e. The van der Waals surface area contributed by atoms with E-state index in [0.29, 0.717) is 17.9 Å². The molecule has 0 aromatic carbocycles. The van der Waals surface area contributed by atoms with Crippen LogP contribution < -0.4 is 0 Å². The van der Waals surface area contributed by atoms with Gasteiger partial charge in [0.05, 0.1) is 12.7 Å². The van der Waals surface area contributed by atoms with Gasteiger partial charge in [0, 0.05) is 12.3 Å². The molecule has 0 amide bonds. The normalized spacial score (nSPS) is 51.6. The number of allylic oxidation sites excluding steroid dienone is 1. The largest absolute Gasteiger partial charge is 0.465 e. The van der Waals surface area contributed by atoms with Crippen LogP contribution in [0.4, 0.5) is 0 Å². The maximum atomic E-state index is 11.4. The highest BCUT2D eigenvalue weighted by molar-refractivity contribution is 5.65. The summed E-state index contributed by atoms with van der Waals surface area (Å²) in [5, 5.41) is 10.9. The lowest BCUT2D eigenvalue weighted by Gasteiger charge is -2.65. The Balaban J connectivity index is 1.67. The number of rotatable bonds is 2. The van der Waals surface area contributed by atoms with Gasteiger partial charge in [0.1, 0.15) is 0 Å². The Morgan fingerprint density at radius 1 is 1.20 bits per heavy atom. The van der Waals surface area contributed by atoms with Gasteiger partial charge < -0.3 is 9.84 Å². The molecule has 4 aliphatic carbocycles. The van der Waals surface area contributed by atoms with Crippen molar-refractivity contribution in [3.63, 3.8) is 0 Å². The zero-order chi connectivity index (χ0) is 18.0. The molecule has 0 unspecified atom stereocenters. The zero-order valence-corrected chi connectivity index (χ0v) is 16.1. The molecule has 4 rings (SSSR count). The van der Waals surface area contributed by atoms with Gasteiger partial charge in [-0.3, -0.25) is 4.79 Å². The first-order chi connectivity index (χ1) is 11.7. The van der Waals surface area contributed by atoms with Gasteiger partial charge in [0.15, 0.2) is 0 Å². The second-order valence-corrected chi connectivity index (χ2v) is 10.2. The third-order valence-corrected chi connectivity index (χ3v) is 8.98. The van der Waals surface area contributed by atoms with Gasteiger partial charge in [-0.05, 0) is 80.0 Å². The summed E-state index contributed by atoms with van der Waals surface area (Å²) in [4.78, 5) is 11.4. The Morgan fingerprint density at radius 3 is 2.68 bits per heavy atom. The van der Waals surface area contributed by atoms with Gasteiger partial charge in [0.2, 0.25) is 0 Å². The number of aliphatic hydroxyl groups excluding tert-OH is 1. The Morgan fingerprint density at radius 2 is 1.96 bits per heavy atom. The fourth-order valence-corrected chi connectivity index (χ4v) is 7.84. The van der Waals surface area contributed by atoms with E-state index >= 15 is 0 Å². The first-order valence-corrected chi connectivity index (χ1v) is 10.2. The van der Waals surface area contributed by atoms with Crippen molar-refractivity contribution in [1.29, 1.82) is 0 Å². The second kappa shape index (κ2) is 5.58. The number of hydrogen-bond donors (Lipinski definition) is 1. The lowest BCUT2D eigenvalue weighted by atomic mass is 9.40. The molecule has 0 aliphatic heterocycles. The maximum absolute atomic E-state index is 11.4. The van der Waals surface area contributed by atoms with Gasteiger partial charge in [0.25, 0.3) is 0 Å². The van der Waals surface area contributed by atoms with Crippen molar-refractivity contribution in [1.82, 2.24) is 0 Å². The van der Waals surface area contributed by atoms with Crippen LogP contribution in [0.3, 0.4) is 0 Å². The maximum Gasteiger partial charge on any atom is 0.302 e. The summed E-state index contributed by atoms with van der Waals surface area (Å²) in [6.45, 7) is 10.9. The summed E-state index contributed by atoms with van der Waals surface area (Å²) in [6, 6.07) is 0. The molecular formula is C22H34O3. The van der Waals surface area contributed by atoms with Crippen molar-refractivity contribution in [3.05, 3.63) is 12.2 Å². The number of carbonyl (C=O) groups is 1. The van der Waals surface area contributed by atoms with Gasteiger partial charge in [-0.2, -0.15) is 0 Å². The summed E-state index contributed by atoms with van der Waals surface area (Å²) in [5.41, 5.74) is 1.91. The third kappa shape index (κ3) is 2.37. The van der Waals surface area contributed by atoms with Crippen molar-refractivity contribution in [2.75, 3.05) is 6.61 Å². The summed E-state index contributed by atoms with van der Waals surface area (Å²) in [6.07, 6.45) is 9.19. The lowest BCUT2D eigenvalue weighted by Crippen LogP contribution is -2.61. The quantitative estimate of drug-likeness (QED) is 0.592. The first-order valence-electron chi connectivity index (χ1n) is 10.2. The van der Waals surface area contributed by atoms with Crippen LogP contribution in [0.1, 0.15) is 72.1 Å². The summed E-state index contributed by atoms with van der Waals surface area (Å²) in [7, 11) is 0. The Kier molecular flexibility index (Phi) is 3.92. The van der Waals surface area contributed by atoms with Crippen LogP contribution in [-0.2, 0) is 9.53 Å². The molecule has 0 aromatic heterocycles. The highest BCUT2D eigenvalue weighted by Crippen LogP contribution is 2.72. The molecule has 3 heteroatoms. The molecule has 4 saturated carbocycles. The van der Waals surface area contributed by atoms with Crippen molar-refractivity contribution < 1.29 is 14.6 Å². The summed E-state index contributed by atoms with van der Waals surface area (Å²) in [5.74, 6) is 1.70. The zero-order valence-electron chi connectivity index (χ0n) is 16.1. The summed E-state index contributed by atoms with van der Waals surface area (Å²) < 4.78 is 5.45. The molecule has 4 fully saturated rings. The van der Waals surface area contributed by atoms with E-state index in [1.54, 1.807) is 0 Å². The molecule has 0 radical (unpaired) electrons. The van der Waals surface area contributed by atoms with E-state index in [-0.39, 0.29) is 22.9 Å². The standard InChI is InChI=1S/C22H34O3/c1-14-11-22-10-7-17-20(3,18(22)6-5-16(14)12-22)9-8-19(24)21(17,4)13-25-15(2)23/h16-19,24H,1,5-13H2,2-4H3/t16-,17+,18+,19+,20-,21+,22-/m1/s1. The number of esters is 1. The Hall–Kier alpha value is -0.830. The molecular weight excluding hydrogens is 312 g/mol. The highest BCUT2D eigenvalue weighted by Gasteiger charge is 2.65. The minimum absolute atomic E-state index is 0.236. The number of fused-ring (bicyclic) bond motifs is 3. The van der Waals surface area contributed by atoms with Crippen LogP contribution in [0.25, 0.3) is 0 Å². The highest BCUT2D eigenvalue weighted by atomic mass is 16.5. The molecule has 7 atom stereocenters. The van der Waals surface area contributed by atoms with E-state index in [1.807, 2.05) is 0 Å². The molecule has 1 N–H and O–H groups in total. The van der Waals surface area contributed by atoms with E-state index in [2.05, 4.69) is 20.4 Å². The van der Waals surface area contributed by atoms with Crippen molar-refractivity contribution in [2.24, 2.45) is 34.0 Å². The van der Waals surface area contributed by atoms with Crippen LogP contribution in [-0.4, -0.2) is 23.8 Å². The molecule has 140 valence electrons. The van der Waals surface area contributed by atoms with Crippen LogP contribution >= 0.6 is 0 Å². The predicted molar refractivity (Wildman–Crippen MR) is 97.8 cm³/mol. The second-order valence-electron chi connectivity index (χ2n) is 10.2. The monoisotopic (exact) mass is 346 g/mol.